The first-order chi connectivity index (χ1) is 12.7. The predicted octanol–water partition coefficient (Wildman–Crippen LogP) is 4.35. The summed E-state index contributed by atoms with van der Waals surface area (Å²) in [5.74, 6) is 0.504. The SMILES string of the molecule is CC1COc2nc(NC(=O)OC(C)(C)C)c(Cc3ccc(F)cc3)cc2N1. The maximum atomic E-state index is 13.2. The third-order valence-electron chi connectivity index (χ3n) is 3.87. The van der Waals surface area contributed by atoms with Gasteiger partial charge in [0.1, 0.15) is 23.8 Å². The average Bonchev–Trinajstić information content (AvgIpc) is 2.56. The maximum Gasteiger partial charge on any atom is 0.413 e. The predicted molar refractivity (Wildman–Crippen MR) is 102 cm³/mol. The van der Waals surface area contributed by atoms with E-state index >= 15 is 0 Å². The average molecular weight is 373 g/mol. The number of fused-ring (bicyclic) bond motifs is 1. The lowest BCUT2D eigenvalue weighted by molar-refractivity contribution is 0.0635. The van der Waals surface area contributed by atoms with Crippen molar-refractivity contribution >= 4 is 17.6 Å². The summed E-state index contributed by atoms with van der Waals surface area (Å²) in [5, 5.41) is 6.03. The summed E-state index contributed by atoms with van der Waals surface area (Å²) >= 11 is 0. The van der Waals surface area contributed by atoms with E-state index in [1.165, 1.54) is 12.1 Å². The molecule has 1 atom stereocenters. The van der Waals surface area contributed by atoms with Crippen molar-refractivity contribution in [2.75, 3.05) is 17.2 Å². The zero-order chi connectivity index (χ0) is 19.6. The van der Waals surface area contributed by atoms with Gasteiger partial charge in [0.2, 0.25) is 5.88 Å². The van der Waals surface area contributed by atoms with E-state index in [1.807, 2.05) is 13.0 Å². The Balaban J connectivity index is 1.91. The molecule has 1 aliphatic heterocycles. The molecule has 0 aliphatic carbocycles. The maximum absolute atomic E-state index is 13.2. The van der Waals surface area contributed by atoms with Crippen LogP contribution in [-0.4, -0.2) is 29.3 Å². The van der Waals surface area contributed by atoms with Gasteiger partial charge in [0, 0.05) is 12.0 Å². The number of carbonyl (C=O) groups excluding carboxylic acids is 1. The smallest absolute Gasteiger partial charge is 0.413 e. The minimum atomic E-state index is -0.622. The number of nitrogens with one attached hydrogen (secondary N) is 2. The third-order valence-corrected chi connectivity index (χ3v) is 3.87. The Kier molecular flexibility index (Phi) is 5.21. The molecule has 6 nitrogen and oxygen atoms in total. The first-order valence-electron chi connectivity index (χ1n) is 8.87. The van der Waals surface area contributed by atoms with Crippen molar-refractivity contribution in [3.63, 3.8) is 0 Å². The Morgan fingerprint density at radius 3 is 2.74 bits per heavy atom. The second-order valence-electron chi connectivity index (χ2n) is 7.64. The van der Waals surface area contributed by atoms with E-state index in [2.05, 4.69) is 15.6 Å². The van der Waals surface area contributed by atoms with Gasteiger partial charge in [-0.1, -0.05) is 12.1 Å². The number of hydrogen-bond donors (Lipinski definition) is 2. The van der Waals surface area contributed by atoms with Crippen LogP contribution in [0, 0.1) is 5.82 Å². The fraction of sp³-hybridized carbons (Fsp3) is 0.400. The summed E-state index contributed by atoms with van der Waals surface area (Å²) in [5.41, 5.74) is 1.82. The van der Waals surface area contributed by atoms with Crippen LogP contribution < -0.4 is 15.4 Å². The first-order valence-corrected chi connectivity index (χ1v) is 8.87. The topological polar surface area (TPSA) is 72.5 Å². The molecular weight excluding hydrogens is 349 g/mol. The lowest BCUT2D eigenvalue weighted by atomic mass is 10.0. The molecule has 1 amide bonds. The lowest BCUT2D eigenvalue weighted by Gasteiger charge is -2.26. The molecule has 2 aromatic rings. The summed E-state index contributed by atoms with van der Waals surface area (Å²) in [7, 11) is 0. The molecule has 2 N–H and O–H groups in total. The molecule has 0 spiro atoms. The normalized spacial score (nSPS) is 16.0. The molecule has 27 heavy (non-hydrogen) atoms. The summed E-state index contributed by atoms with van der Waals surface area (Å²) in [4.78, 5) is 16.7. The third kappa shape index (κ3) is 5.09. The highest BCUT2D eigenvalue weighted by molar-refractivity contribution is 5.85. The molecule has 3 rings (SSSR count). The van der Waals surface area contributed by atoms with Gasteiger partial charge < -0.3 is 14.8 Å². The highest BCUT2D eigenvalue weighted by Gasteiger charge is 2.22. The lowest BCUT2D eigenvalue weighted by Crippen LogP contribution is -2.30. The van der Waals surface area contributed by atoms with Gasteiger partial charge in [0.25, 0.3) is 0 Å². The zero-order valence-electron chi connectivity index (χ0n) is 15.9. The van der Waals surface area contributed by atoms with Crippen LogP contribution in [0.2, 0.25) is 0 Å². The van der Waals surface area contributed by atoms with Crippen LogP contribution in [0.3, 0.4) is 0 Å². The highest BCUT2D eigenvalue weighted by Crippen LogP contribution is 2.32. The number of halogens is 1. The van der Waals surface area contributed by atoms with Crippen molar-refractivity contribution in [1.82, 2.24) is 4.98 Å². The van der Waals surface area contributed by atoms with Gasteiger partial charge in [-0.2, -0.15) is 4.98 Å². The van der Waals surface area contributed by atoms with Crippen LogP contribution in [0.1, 0.15) is 38.8 Å². The molecule has 0 fully saturated rings. The van der Waals surface area contributed by atoms with E-state index in [-0.39, 0.29) is 11.9 Å². The number of rotatable bonds is 3. The van der Waals surface area contributed by atoms with Crippen LogP contribution in [0.4, 0.5) is 20.7 Å². The quantitative estimate of drug-likeness (QED) is 0.837. The van der Waals surface area contributed by atoms with Crippen molar-refractivity contribution in [2.45, 2.75) is 45.8 Å². The first kappa shape index (κ1) is 18.9. The molecule has 144 valence electrons. The van der Waals surface area contributed by atoms with Crippen LogP contribution in [0.5, 0.6) is 5.88 Å². The monoisotopic (exact) mass is 373 g/mol. The Labute approximate surface area is 158 Å². The van der Waals surface area contributed by atoms with E-state index in [0.29, 0.717) is 24.7 Å². The number of benzene rings is 1. The second kappa shape index (κ2) is 7.42. The number of anilines is 2. The Morgan fingerprint density at radius 2 is 2.07 bits per heavy atom. The molecule has 0 saturated heterocycles. The van der Waals surface area contributed by atoms with Crippen molar-refractivity contribution < 1.29 is 18.7 Å². The van der Waals surface area contributed by atoms with Crippen molar-refractivity contribution in [3.05, 3.63) is 47.3 Å². The zero-order valence-corrected chi connectivity index (χ0v) is 15.9. The molecule has 1 aromatic heterocycles. The molecule has 7 heteroatoms. The molecule has 0 bridgehead atoms. The van der Waals surface area contributed by atoms with Crippen LogP contribution in [-0.2, 0) is 11.2 Å². The Hall–Kier alpha value is -2.83. The number of pyridine rings is 1. The van der Waals surface area contributed by atoms with Gasteiger partial charge in [-0.05, 0) is 51.5 Å². The van der Waals surface area contributed by atoms with E-state index < -0.39 is 11.7 Å². The van der Waals surface area contributed by atoms with Gasteiger partial charge in [-0.25, -0.2) is 9.18 Å². The molecular formula is C20H24FN3O3. The summed E-state index contributed by atoms with van der Waals surface area (Å²) in [6.07, 6.45) is -0.116. The van der Waals surface area contributed by atoms with Crippen molar-refractivity contribution in [3.8, 4) is 5.88 Å². The fourth-order valence-electron chi connectivity index (χ4n) is 2.73. The van der Waals surface area contributed by atoms with Gasteiger partial charge in [0.15, 0.2) is 0 Å². The van der Waals surface area contributed by atoms with Crippen LogP contribution >= 0.6 is 0 Å². The van der Waals surface area contributed by atoms with E-state index in [9.17, 15) is 9.18 Å². The Bertz CT molecular complexity index is 832. The van der Waals surface area contributed by atoms with Crippen molar-refractivity contribution in [2.24, 2.45) is 0 Å². The highest BCUT2D eigenvalue weighted by atomic mass is 19.1. The standard InChI is InChI=1S/C20H24FN3O3/c1-12-11-26-18-16(22-12)10-14(9-13-5-7-15(21)8-6-13)17(23-18)24-19(25)27-20(2,3)4/h5-8,10,12,22H,9,11H2,1-4H3,(H,23,24,25). The minimum absolute atomic E-state index is 0.155. The van der Waals surface area contributed by atoms with Crippen LogP contribution in [0.15, 0.2) is 30.3 Å². The number of amides is 1. The van der Waals surface area contributed by atoms with Crippen molar-refractivity contribution in [1.29, 1.82) is 0 Å². The van der Waals surface area contributed by atoms with E-state index in [1.54, 1.807) is 32.9 Å². The molecule has 1 unspecified atom stereocenters. The van der Waals surface area contributed by atoms with Gasteiger partial charge in [-0.15, -0.1) is 0 Å². The number of carbonyl (C=O) groups is 1. The molecule has 1 aromatic carbocycles. The summed E-state index contributed by atoms with van der Waals surface area (Å²) in [6, 6.07) is 8.28. The van der Waals surface area contributed by atoms with Gasteiger partial charge in [-0.3, -0.25) is 5.32 Å². The fourth-order valence-corrected chi connectivity index (χ4v) is 2.73. The second-order valence-corrected chi connectivity index (χ2v) is 7.64. The summed E-state index contributed by atoms with van der Waals surface area (Å²) in [6.45, 7) is 7.88. The number of nitrogens with zero attached hydrogens (tertiary/aromatic N) is 1. The molecule has 2 heterocycles. The van der Waals surface area contributed by atoms with E-state index in [4.69, 9.17) is 9.47 Å². The van der Waals surface area contributed by atoms with E-state index in [0.717, 1.165) is 16.8 Å². The summed E-state index contributed by atoms with van der Waals surface area (Å²) < 4.78 is 24.2. The minimum Gasteiger partial charge on any atom is -0.474 e. The molecule has 0 saturated carbocycles. The molecule has 1 aliphatic rings. The number of aromatic nitrogens is 1. The van der Waals surface area contributed by atoms with Gasteiger partial charge in [0.05, 0.1) is 11.7 Å². The number of hydrogen-bond acceptors (Lipinski definition) is 5. The Morgan fingerprint density at radius 1 is 1.37 bits per heavy atom. The van der Waals surface area contributed by atoms with Gasteiger partial charge >= 0.3 is 6.09 Å². The largest absolute Gasteiger partial charge is 0.474 e. The molecule has 0 radical (unpaired) electrons. The number of ether oxygens (including phenoxy) is 2. The van der Waals surface area contributed by atoms with Crippen LogP contribution in [0.25, 0.3) is 0 Å².